The molecule has 0 bridgehead atoms. The van der Waals surface area contributed by atoms with E-state index < -0.39 is 6.55 Å². The average Bonchev–Trinajstić information content (AvgIpc) is 3.13. The Bertz CT molecular complexity index is 643. The number of amides is 2. The maximum absolute atomic E-state index is 12.7. The summed E-state index contributed by atoms with van der Waals surface area (Å²) in [5, 5.41) is 8.28. The Balaban J connectivity index is 1.81. The molecule has 2 aromatic heterocycles. The number of carbonyl (C=O) groups is 1. The highest BCUT2D eigenvalue weighted by molar-refractivity contribution is 7.09. The Kier molecular flexibility index (Phi) is 6.03. The van der Waals surface area contributed by atoms with E-state index in [1.165, 1.54) is 23.7 Å². The van der Waals surface area contributed by atoms with Gasteiger partial charge in [0, 0.05) is 36.4 Å². The van der Waals surface area contributed by atoms with E-state index in [0.29, 0.717) is 0 Å². The SMILES string of the molecule is CCC(NC(=O)NCCc1nccn1C(F)F)c1nc(C)cs1. The van der Waals surface area contributed by atoms with Crippen LogP contribution in [0.5, 0.6) is 0 Å². The van der Waals surface area contributed by atoms with Crippen LogP contribution in [0.15, 0.2) is 17.8 Å². The summed E-state index contributed by atoms with van der Waals surface area (Å²) in [6.45, 7) is 1.46. The van der Waals surface area contributed by atoms with Crippen LogP contribution >= 0.6 is 11.3 Å². The second-order valence-corrected chi connectivity index (χ2v) is 5.86. The fraction of sp³-hybridized carbons (Fsp3) is 0.500. The molecule has 0 aromatic carbocycles. The third-order valence-corrected chi connectivity index (χ3v) is 4.32. The minimum Gasteiger partial charge on any atom is -0.338 e. The van der Waals surface area contributed by atoms with E-state index in [0.717, 1.165) is 21.7 Å². The maximum atomic E-state index is 12.7. The summed E-state index contributed by atoms with van der Waals surface area (Å²) >= 11 is 1.50. The first-order valence-corrected chi connectivity index (χ1v) is 8.15. The van der Waals surface area contributed by atoms with E-state index in [-0.39, 0.29) is 30.9 Å². The molecule has 0 aliphatic carbocycles. The number of imidazole rings is 1. The molecular weight excluding hydrogens is 324 g/mol. The smallest absolute Gasteiger partial charge is 0.319 e. The molecule has 2 N–H and O–H groups in total. The highest BCUT2D eigenvalue weighted by Gasteiger charge is 2.16. The number of alkyl halides is 2. The molecule has 9 heteroatoms. The minimum atomic E-state index is -2.63. The molecule has 1 atom stereocenters. The van der Waals surface area contributed by atoms with Crippen LogP contribution in [-0.4, -0.2) is 27.1 Å². The fourth-order valence-corrected chi connectivity index (χ4v) is 3.01. The number of rotatable bonds is 7. The highest BCUT2D eigenvalue weighted by Crippen LogP contribution is 2.20. The predicted molar refractivity (Wildman–Crippen MR) is 83.6 cm³/mol. The number of nitrogens with zero attached hydrogens (tertiary/aromatic N) is 3. The molecule has 0 aliphatic rings. The van der Waals surface area contributed by atoms with Gasteiger partial charge in [0.25, 0.3) is 0 Å². The summed E-state index contributed by atoms with van der Waals surface area (Å²) < 4.78 is 26.1. The number of aryl methyl sites for hydroxylation is 1. The topological polar surface area (TPSA) is 71.8 Å². The molecule has 0 spiro atoms. The minimum absolute atomic E-state index is 0.156. The van der Waals surface area contributed by atoms with Gasteiger partial charge in [-0.15, -0.1) is 11.3 Å². The third-order valence-electron chi connectivity index (χ3n) is 3.24. The quantitative estimate of drug-likeness (QED) is 0.812. The van der Waals surface area contributed by atoms with Gasteiger partial charge in [-0.05, 0) is 13.3 Å². The van der Waals surface area contributed by atoms with Crippen molar-refractivity contribution in [2.45, 2.75) is 39.3 Å². The first-order chi connectivity index (χ1) is 11.0. The van der Waals surface area contributed by atoms with Crippen molar-refractivity contribution in [2.24, 2.45) is 0 Å². The molecule has 2 rings (SSSR count). The van der Waals surface area contributed by atoms with Gasteiger partial charge < -0.3 is 10.6 Å². The molecule has 2 amide bonds. The van der Waals surface area contributed by atoms with E-state index >= 15 is 0 Å². The summed E-state index contributed by atoms with van der Waals surface area (Å²) in [7, 11) is 0. The van der Waals surface area contributed by atoms with Crippen LogP contribution in [0, 0.1) is 6.92 Å². The first-order valence-electron chi connectivity index (χ1n) is 7.27. The van der Waals surface area contributed by atoms with Crippen molar-refractivity contribution in [3.05, 3.63) is 34.3 Å². The van der Waals surface area contributed by atoms with Crippen LogP contribution in [-0.2, 0) is 6.42 Å². The van der Waals surface area contributed by atoms with Crippen LogP contribution < -0.4 is 10.6 Å². The van der Waals surface area contributed by atoms with Gasteiger partial charge in [0.2, 0.25) is 0 Å². The summed E-state index contributed by atoms with van der Waals surface area (Å²) in [5.74, 6) is 0.239. The summed E-state index contributed by atoms with van der Waals surface area (Å²) in [4.78, 5) is 20.1. The van der Waals surface area contributed by atoms with Crippen LogP contribution in [0.4, 0.5) is 13.6 Å². The van der Waals surface area contributed by atoms with Gasteiger partial charge >= 0.3 is 12.6 Å². The standard InChI is InChI=1S/C14H19F2N5OS/c1-3-10(12-19-9(2)8-23-12)20-14(22)18-5-4-11-17-6-7-21(11)13(15)16/h6-8,10,13H,3-5H2,1-2H3,(H2,18,20,22). The average molecular weight is 343 g/mol. The number of hydrogen-bond donors (Lipinski definition) is 2. The number of aromatic nitrogens is 3. The predicted octanol–water partition coefficient (Wildman–Crippen LogP) is 3.04. The molecule has 0 radical (unpaired) electrons. The van der Waals surface area contributed by atoms with Crippen LogP contribution in [0.2, 0.25) is 0 Å². The largest absolute Gasteiger partial charge is 0.338 e. The van der Waals surface area contributed by atoms with Gasteiger partial charge in [0.15, 0.2) is 0 Å². The number of thiazole rings is 1. The molecule has 2 aromatic rings. The summed E-state index contributed by atoms with van der Waals surface area (Å²) in [6, 6.07) is -0.503. The van der Waals surface area contributed by atoms with E-state index in [2.05, 4.69) is 20.6 Å². The van der Waals surface area contributed by atoms with Crippen molar-refractivity contribution < 1.29 is 13.6 Å². The first kappa shape index (κ1) is 17.3. The van der Waals surface area contributed by atoms with Gasteiger partial charge in [0.1, 0.15) is 10.8 Å². The maximum Gasteiger partial charge on any atom is 0.319 e. The van der Waals surface area contributed by atoms with Crippen molar-refractivity contribution in [2.75, 3.05) is 6.54 Å². The van der Waals surface area contributed by atoms with Gasteiger partial charge in [0.05, 0.1) is 6.04 Å². The summed E-state index contributed by atoms with van der Waals surface area (Å²) in [6.07, 6.45) is 3.49. The highest BCUT2D eigenvalue weighted by atomic mass is 32.1. The molecule has 126 valence electrons. The molecule has 23 heavy (non-hydrogen) atoms. The zero-order valence-electron chi connectivity index (χ0n) is 12.9. The Morgan fingerprint density at radius 3 is 2.87 bits per heavy atom. The molecule has 0 aliphatic heterocycles. The van der Waals surface area contributed by atoms with Crippen LogP contribution in [0.25, 0.3) is 0 Å². The zero-order valence-corrected chi connectivity index (χ0v) is 13.7. The molecule has 2 heterocycles. The monoisotopic (exact) mass is 343 g/mol. The lowest BCUT2D eigenvalue weighted by molar-refractivity contribution is 0.0670. The lowest BCUT2D eigenvalue weighted by Gasteiger charge is -2.15. The molecular formula is C14H19F2N5OS. The van der Waals surface area contributed by atoms with Gasteiger partial charge in [-0.25, -0.2) is 14.8 Å². The van der Waals surface area contributed by atoms with Crippen LogP contribution in [0.1, 0.15) is 42.5 Å². The van der Waals surface area contributed by atoms with Gasteiger partial charge in [-0.2, -0.15) is 8.78 Å². The van der Waals surface area contributed by atoms with Crippen LogP contribution in [0.3, 0.4) is 0 Å². The van der Waals surface area contributed by atoms with Crippen molar-refractivity contribution >= 4 is 17.4 Å². The Morgan fingerprint density at radius 1 is 1.48 bits per heavy atom. The number of carbonyl (C=O) groups excluding carboxylic acids is 1. The Morgan fingerprint density at radius 2 is 2.26 bits per heavy atom. The second kappa shape index (κ2) is 8.00. The van der Waals surface area contributed by atoms with E-state index in [1.807, 2.05) is 19.2 Å². The number of nitrogens with one attached hydrogen (secondary N) is 2. The summed E-state index contributed by atoms with van der Waals surface area (Å²) in [5.41, 5.74) is 0.921. The van der Waals surface area contributed by atoms with E-state index in [4.69, 9.17) is 0 Å². The molecule has 1 unspecified atom stereocenters. The van der Waals surface area contributed by atoms with Crippen molar-refractivity contribution in [3.8, 4) is 0 Å². The number of hydrogen-bond acceptors (Lipinski definition) is 4. The van der Waals surface area contributed by atoms with Crippen molar-refractivity contribution in [3.63, 3.8) is 0 Å². The fourth-order valence-electron chi connectivity index (χ4n) is 2.08. The van der Waals surface area contributed by atoms with Gasteiger partial charge in [-0.3, -0.25) is 4.57 Å². The third kappa shape index (κ3) is 4.72. The van der Waals surface area contributed by atoms with Crippen molar-refractivity contribution in [1.82, 2.24) is 25.2 Å². The van der Waals surface area contributed by atoms with E-state index in [1.54, 1.807) is 0 Å². The second-order valence-electron chi connectivity index (χ2n) is 4.97. The zero-order chi connectivity index (χ0) is 16.8. The van der Waals surface area contributed by atoms with Gasteiger partial charge in [-0.1, -0.05) is 6.92 Å². The lowest BCUT2D eigenvalue weighted by Crippen LogP contribution is -2.38. The molecule has 0 saturated heterocycles. The molecule has 0 saturated carbocycles. The number of urea groups is 1. The van der Waals surface area contributed by atoms with E-state index in [9.17, 15) is 13.6 Å². The molecule has 0 fully saturated rings. The normalized spacial score (nSPS) is 12.4. The number of halogens is 2. The Labute approximate surface area is 136 Å². The Hall–Kier alpha value is -2.03. The lowest BCUT2D eigenvalue weighted by atomic mass is 10.2. The molecule has 6 nitrogen and oxygen atoms in total. The van der Waals surface area contributed by atoms with Crippen molar-refractivity contribution in [1.29, 1.82) is 0 Å².